The standard InChI is InChI=1S/C11H15BrOS2/c1-11(2,3)15-7-8(13)6-10-9(12)4-5-14-10/h4-5H,6-7H2,1-3H3. The fourth-order valence-electron chi connectivity index (χ4n) is 0.978. The lowest BCUT2D eigenvalue weighted by atomic mass is 10.2. The van der Waals surface area contributed by atoms with Gasteiger partial charge in [0.25, 0.3) is 0 Å². The molecule has 84 valence electrons. The van der Waals surface area contributed by atoms with Crippen molar-refractivity contribution in [2.45, 2.75) is 31.9 Å². The van der Waals surface area contributed by atoms with Crippen molar-refractivity contribution in [1.82, 2.24) is 0 Å². The molecule has 4 heteroatoms. The van der Waals surface area contributed by atoms with Gasteiger partial charge in [0, 0.05) is 20.5 Å². The number of ketones is 1. The van der Waals surface area contributed by atoms with Crippen LogP contribution in [0.3, 0.4) is 0 Å². The van der Waals surface area contributed by atoms with Crippen LogP contribution in [0.5, 0.6) is 0 Å². The van der Waals surface area contributed by atoms with E-state index >= 15 is 0 Å². The zero-order valence-electron chi connectivity index (χ0n) is 9.17. The summed E-state index contributed by atoms with van der Waals surface area (Å²) < 4.78 is 1.23. The van der Waals surface area contributed by atoms with Crippen LogP contribution in [-0.2, 0) is 11.2 Å². The van der Waals surface area contributed by atoms with E-state index in [1.165, 1.54) is 0 Å². The van der Waals surface area contributed by atoms with Crippen LogP contribution in [0.4, 0.5) is 0 Å². The zero-order chi connectivity index (χ0) is 11.5. The van der Waals surface area contributed by atoms with Crippen molar-refractivity contribution in [2.24, 2.45) is 0 Å². The van der Waals surface area contributed by atoms with Crippen molar-refractivity contribution < 1.29 is 4.79 Å². The number of thioether (sulfide) groups is 1. The second kappa shape index (κ2) is 5.51. The molecule has 15 heavy (non-hydrogen) atoms. The Hall–Kier alpha value is 0.200. The van der Waals surface area contributed by atoms with Gasteiger partial charge in [0.15, 0.2) is 0 Å². The number of carbonyl (C=O) groups is 1. The summed E-state index contributed by atoms with van der Waals surface area (Å²) in [6.45, 7) is 6.39. The second-order valence-electron chi connectivity index (χ2n) is 4.31. The van der Waals surface area contributed by atoms with Crippen molar-refractivity contribution in [1.29, 1.82) is 0 Å². The molecular weight excluding hydrogens is 292 g/mol. The summed E-state index contributed by atoms with van der Waals surface area (Å²) in [5.41, 5.74) is 0. The Labute approximate surface area is 108 Å². The predicted molar refractivity (Wildman–Crippen MR) is 72.9 cm³/mol. The highest BCUT2D eigenvalue weighted by molar-refractivity contribution is 9.10. The average Bonchev–Trinajstić information content (AvgIpc) is 2.47. The number of hydrogen-bond acceptors (Lipinski definition) is 3. The first kappa shape index (κ1) is 13.3. The molecule has 1 nitrogen and oxygen atoms in total. The van der Waals surface area contributed by atoms with Crippen LogP contribution in [0.2, 0.25) is 0 Å². The summed E-state index contributed by atoms with van der Waals surface area (Å²) in [6.07, 6.45) is 0.557. The minimum atomic E-state index is 0.169. The van der Waals surface area contributed by atoms with E-state index < -0.39 is 0 Å². The highest BCUT2D eigenvalue weighted by Gasteiger charge is 2.14. The van der Waals surface area contributed by atoms with E-state index in [1.807, 2.05) is 11.4 Å². The van der Waals surface area contributed by atoms with E-state index in [0.29, 0.717) is 18.0 Å². The first-order valence-corrected chi connectivity index (χ1v) is 7.42. The van der Waals surface area contributed by atoms with Crippen molar-refractivity contribution in [2.75, 3.05) is 5.75 Å². The van der Waals surface area contributed by atoms with Crippen LogP contribution in [0.15, 0.2) is 15.9 Å². The molecule has 0 aliphatic carbocycles. The van der Waals surface area contributed by atoms with Gasteiger partial charge >= 0.3 is 0 Å². The highest BCUT2D eigenvalue weighted by Crippen LogP contribution is 2.26. The number of Topliss-reactive ketones (excluding diaryl/α,β-unsaturated/α-hetero) is 1. The Kier molecular flexibility index (Phi) is 4.87. The third kappa shape index (κ3) is 5.18. The SMILES string of the molecule is CC(C)(C)SCC(=O)Cc1sccc1Br. The lowest BCUT2D eigenvalue weighted by molar-refractivity contribution is -0.115. The van der Waals surface area contributed by atoms with Gasteiger partial charge in [-0.15, -0.1) is 23.1 Å². The van der Waals surface area contributed by atoms with Crippen molar-refractivity contribution in [3.8, 4) is 0 Å². The normalized spacial score (nSPS) is 11.7. The molecule has 1 rings (SSSR count). The number of thiophene rings is 1. The molecular formula is C11H15BrOS2. The van der Waals surface area contributed by atoms with E-state index in [1.54, 1.807) is 23.1 Å². The van der Waals surface area contributed by atoms with E-state index in [2.05, 4.69) is 36.7 Å². The minimum Gasteiger partial charge on any atom is -0.298 e. The molecule has 0 saturated heterocycles. The smallest absolute Gasteiger partial charge is 0.147 e. The Bertz CT molecular complexity index is 339. The van der Waals surface area contributed by atoms with Gasteiger partial charge in [-0.05, 0) is 27.4 Å². The van der Waals surface area contributed by atoms with Gasteiger partial charge in [0.2, 0.25) is 0 Å². The summed E-state index contributed by atoms with van der Waals surface area (Å²) in [7, 11) is 0. The van der Waals surface area contributed by atoms with Crippen molar-refractivity contribution in [3.05, 3.63) is 20.8 Å². The lowest BCUT2D eigenvalue weighted by Gasteiger charge is -2.16. The molecule has 0 saturated carbocycles. The molecule has 0 aromatic carbocycles. The molecule has 0 spiro atoms. The average molecular weight is 307 g/mol. The Morgan fingerprint density at radius 2 is 2.20 bits per heavy atom. The van der Waals surface area contributed by atoms with Gasteiger partial charge in [0.05, 0.1) is 5.75 Å². The maximum absolute atomic E-state index is 11.7. The number of hydrogen-bond donors (Lipinski definition) is 0. The fourth-order valence-corrected chi connectivity index (χ4v) is 3.20. The number of carbonyl (C=O) groups excluding carboxylic acids is 1. The minimum absolute atomic E-state index is 0.169. The van der Waals surface area contributed by atoms with E-state index in [4.69, 9.17) is 0 Å². The Morgan fingerprint density at radius 1 is 1.53 bits per heavy atom. The third-order valence-corrected chi connectivity index (χ3v) is 4.97. The number of halogens is 1. The molecule has 1 aromatic heterocycles. The van der Waals surface area contributed by atoms with Crippen LogP contribution in [0, 0.1) is 0 Å². The van der Waals surface area contributed by atoms with Gasteiger partial charge in [0.1, 0.15) is 5.78 Å². The molecule has 0 fully saturated rings. The fraction of sp³-hybridized carbons (Fsp3) is 0.545. The second-order valence-corrected chi connectivity index (χ2v) is 7.97. The maximum Gasteiger partial charge on any atom is 0.147 e. The summed E-state index contributed by atoms with van der Waals surface area (Å²) in [5.74, 6) is 0.909. The van der Waals surface area contributed by atoms with Crippen LogP contribution >= 0.6 is 39.0 Å². The van der Waals surface area contributed by atoms with Crippen molar-refractivity contribution in [3.63, 3.8) is 0 Å². The zero-order valence-corrected chi connectivity index (χ0v) is 12.4. The number of rotatable bonds is 4. The molecule has 0 N–H and O–H groups in total. The quantitative estimate of drug-likeness (QED) is 0.831. The van der Waals surface area contributed by atoms with E-state index in [-0.39, 0.29) is 4.75 Å². The molecule has 0 radical (unpaired) electrons. The summed E-state index contributed by atoms with van der Waals surface area (Å²) >= 11 is 6.78. The van der Waals surface area contributed by atoms with E-state index in [9.17, 15) is 4.79 Å². The Morgan fingerprint density at radius 3 is 2.67 bits per heavy atom. The summed E-state index contributed by atoms with van der Waals surface area (Å²) in [4.78, 5) is 12.8. The Balaban J connectivity index is 2.41. The molecule has 0 unspecified atom stereocenters. The molecule has 0 amide bonds. The van der Waals surface area contributed by atoms with Gasteiger partial charge in [-0.1, -0.05) is 20.8 Å². The summed E-state index contributed by atoms with van der Waals surface area (Å²) in [5, 5.41) is 2.00. The van der Waals surface area contributed by atoms with Crippen LogP contribution < -0.4 is 0 Å². The summed E-state index contributed by atoms with van der Waals surface area (Å²) in [6, 6.07) is 1.99. The molecule has 1 aromatic rings. The van der Waals surface area contributed by atoms with E-state index in [0.717, 1.165) is 9.35 Å². The molecule has 0 aliphatic heterocycles. The largest absolute Gasteiger partial charge is 0.298 e. The third-order valence-electron chi connectivity index (χ3n) is 1.71. The highest BCUT2D eigenvalue weighted by atomic mass is 79.9. The monoisotopic (exact) mass is 306 g/mol. The predicted octanol–water partition coefficient (Wildman–Crippen LogP) is 4.15. The van der Waals surface area contributed by atoms with Crippen molar-refractivity contribution >= 4 is 44.8 Å². The van der Waals surface area contributed by atoms with Gasteiger partial charge in [-0.3, -0.25) is 4.79 Å². The van der Waals surface area contributed by atoms with Crippen LogP contribution in [0.1, 0.15) is 25.6 Å². The first-order valence-electron chi connectivity index (χ1n) is 4.76. The van der Waals surface area contributed by atoms with Gasteiger partial charge in [-0.25, -0.2) is 0 Å². The van der Waals surface area contributed by atoms with Crippen LogP contribution in [0.25, 0.3) is 0 Å². The topological polar surface area (TPSA) is 17.1 Å². The first-order chi connectivity index (χ1) is 6.88. The van der Waals surface area contributed by atoms with Crippen LogP contribution in [-0.4, -0.2) is 16.3 Å². The molecule has 0 aliphatic rings. The maximum atomic E-state index is 11.7. The van der Waals surface area contributed by atoms with Gasteiger partial charge < -0.3 is 0 Å². The molecule has 0 bridgehead atoms. The van der Waals surface area contributed by atoms with Gasteiger partial charge in [-0.2, -0.15) is 0 Å². The lowest BCUT2D eigenvalue weighted by Crippen LogP contribution is -2.14. The molecule has 1 heterocycles. The molecule has 0 atom stereocenters.